The van der Waals surface area contributed by atoms with Gasteiger partial charge in [0.05, 0.1) is 5.57 Å². The summed E-state index contributed by atoms with van der Waals surface area (Å²) in [5.41, 5.74) is 2.61. The van der Waals surface area contributed by atoms with Crippen molar-refractivity contribution in [3.05, 3.63) is 40.5 Å². The van der Waals surface area contributed by atoms with E-state index in [4.69, 9.17) is 4.74 Å². The van der Waals surface area contributed by atoms with Crippen molar-refractivity contribution in [3.8, 4) is 0 Å². The maximum Gasteiger partial charge on any atom is 0.410 e. The van der Waals surface area contributed by atoms with Crippen LogP contribution in [0.1, 0.15) is 44.4 Å². The van der Waals surface area contributed by atoms with Crippen molar-refractivity contribution < 1.29 is 19.1 Å². The molecule has 1 aliphatic rings. The minimum atomic E-state index is -0.555. The van der Waals surface area contributed by atoms with Crippen LogP contribution >= 0.6 is 0 Å². The average Bonchev–Trinajstić information content (AvgIpc) is 2.59. The van der Waals surface area contributed by atoms with Crippen molar-refractivity contribution in [1.82, 2.24) is 9.80 Å². The van der Waals surface area contributed by atoms with Crippen LogP contribution in [0.5, 0.6) is 0 Å². The fourth-order valence-electron chi connectivity index (χ4n) is 3.05. The van der Waals surface area contributed by atoms with E-state index in [9.17, 15) is 14.4 Å². The fourth-order valence-corrected chi connectivity index (χ4v) is 3.05. The number of carbonyl (C=O) groups is 3. The largest absolute Gasteiger partial charge is 0.444 e. The Labute approximate surface area is 167 Å². The molecule has 0 bridgehead atoms. The maximum atomic E-state index is 12.9. The Hall–Kier alpha value is -2.63. The van der Waals surface area contributed by atoms with Crippen LogP contribution in [0.4, 0.5) is 4.79 Å². The van der Waals surface area contributed by atoms with Gasteiger partial charge in [0.2, 0.25) is 0 Å². The van der Waals surface area contributed by atoms with Gasteiger partial charge in [-0.1, -0.05) is 23.8 Å². The molecule has 6 nitrogen and oxygen atoms in total. The second-order valence-electron chi connectivity index (χ2n) is 8.23. The van der Waals surface area contributed by atoms with Crippen LogP contribution in [-0.4, -0.2) is 59.4 Å². The zero-order valence-electron chi connectivity index (χ0n) is 17.7. The SMILES string of the molecule is CC(=O)C(=Cc1ccc(C)cc1C)C(=O)N1CCN(C(=O)OC(C)(C)C)CC1. The van der Waals surface area contributed by atoms with Crippen molar-refractivity contribution in [1.29, 1.82) is 0 Å². The van der Waals surface area contributed by atoms with Gasteiger partial charge in [0, 0.05) is 26.2 Å². The second-order valence-corrected chi connectivity index (χ2v) is 8.23. The van der Waals surface area contributed by atoms with Crippen molar-refractivity contribution in [2.45, 2.75) is 47.1 Å². The van der Waals surface area contributed by atoms with Gasteiger partial charge in [-0.15, -0.1) is 0 Å². The summed E-state index contributed by atoms with van der Waals surface area (Å²) in [6, 6.07) is 5.90. The number of amides is 2. The number of aryl methyl sites for hydroxylation is 2. The van der Waals surface area contributed by atoms with Gasteiger partial charge in [0.25, 0.3) is 5.91 Å². The third kappa shape index (κ3) is 5.68. The fraction of sp³-hybridized carbons (Fsp3) is 0.500. The Morgan fingerprint density at radius 1 is 1.00 bits per heavy atom. The zero-order valence-corrected chi connectivity index (χ0v) is 17.7. The molecule has 1 aliphatic heterocycles. The number of nitrogens with zero attached hydrogens (tertiary/aromatic N) is 2. The van der Waals surface area contributed by atoms with Crippen molar-refractivity contribution in [3.63, 3.8) is 0 Å². The Kier molecular flexibility index (Phi) is 6.65. The lowest BCUT2D eigenvalue weighted by atomic mass is 10.0. The van der Waals surface area contributed by atoms with E-state index in [0.29, 0.717) is 26.2 Å². The number of ketones is 1. The summed E-state index contributed by atoms with van der Waals surface area (Å²) in [5, 5.41) is 0. The highest BCUT2D eigenvalue weighted by atomic mass is 16.6. The predicted octanol–water partition coefficient (Wildman–Crippen LogP) is 3.36. The Morgan fingerprint density at radius 3 is 2.07 bits per heavy atom. The van der Waals surface area contributed by atoms with Gasteiger partial charge in [-0.25, -0.2) is 4.79 Å². The zero-order chi connectivity index (χ0) is 21.1. The number of Topliss-reactive ketones (excluding diaryl/α,β-unsaturated/α-hetero) is 1. The molecule has 152 valence electrons. The standard InChI is InChI=1S/C22H30N2O4/c1-15-7-8-18(16(2)13-15)14-19(17(3)25)20(26)23-9-11-24(12-10-23)21(27)28-22(4,5)6/h7-8,13-14H,9-12H2,1-6H3. The first-order valence-electron chi connectivity index (χ1n) is 9.55. The van der Waals surface area contributed by atoms with Crippen LogP contribution in [0.15, 0.2) is 23.8 Å². The molecule has 28 heavy (non-hydrogen) atoms. The average molecular weight is 386 g/mol. The number of hydrogen-bond donors (Lipinski definition) is 0. The number of piperazine rings is 1. The molecule has 1 fully saturated rings. The monoisotopic (exact) mass is 386 g/mol. The first-order valence-corrected chi connectivity index (χ1v) is 9.55. The van der Waals surface area contributed by atoms with Gasteiger partial charge in [-0.2, -0.15) is 0 Å². The number of ether oxygens (including phenoxy) is 1. The molecule has 2 rings (SSSR count). The quantitative estimate of drug-likeness (QED) is 0.454. The number of hydrogen-bond acceptors (Lipinski definition) is 4. The topological polar surface area (TPSA) is 66.9 Å². The molecule has 0 N–H and O–H groups in total. The molecule has 0 radical (unpaired) electrons. The number of carbonyl (C=O) groups excluding carboxylic acids is 3. The van der Waals surface area contributed by atoms with Gasteiger partial charge in [0.15, 0.2) is 5.78 Å². The van der Waals surface area contributed by atoms with E-state index in [2.05, 4.69) is 0 Å². The minimum absolute atomic E-state index is 0.165. The summed E-state index contributed by atoms with van der Waals surface area (Å²) >= 11 is 0. The van der Waals surface area contributed by atoms with Gasteiger partial charge in [-0.3, -0.25) is 9.59 Å². The molecule has 0 aliphatic carbocycles. The molecule has 0 aromatic heterocycles. The van der Waals surface area contributed by atoms with Gasteiger partial charge >= 0.3 is 6.09 Å². The summed E-state index contributed by atoms with van der Waals surface area (Å²) < 4.78 is 5.38. The Balaban J connectivity index is 2.10. The van der Waals surface area contributed by atoms with Crippen LogP contribution in [0.2, 0.25) is 0 Å². The van der Waals surface area contributed by atoms with Crippen molar-refractivity contribution in [2.24, 2.45) is 0 Å². The second kappa shape index (κ2) is 8.59. The summed E-state index contributed by atoms with van der Waals surface area (Å²) in [7, 11) is 0. The highest BCUT2D eigenvalue weighted by Crippen LogP contribution is 2.18. The molecule has 0 saturated carbocycles. The highest BCUT2D eigenvalue weighted by molar-refractivity contribution is 6.21. The molecule has 2 amide bonds. The van der Waals surface area contributed by atoms with Crippen LogP contribution in [-0.2, 0) is 14.3 Å². The highest BCUT2D eigenvalue weighted by Gasteiger charge is 2.29. The van der Waals surface area contributed by atoms with Gasteiger partial charge < -0.3 is 14.5 Å². The third-order valence-electron chi connectivity index (χ3n) is 4.55. The summed E-state index contributed by atoms with van der Waals surface area (Å²) in [5.74, 6) is -0.559. The Bertz CT molecular complexity index is 797. The summed E-state index contributed by atoms with van der Waals surface area (Å²) in [6.07, 6.45) is 1.29. The smallest absolute Gasteiger partial charge is 0.410 e. The van der Waals surface area contributed by atoms with Crippen LogP contribution in [0.3, 0.4) is 0 Å². The van der Waals surface area contributed by atoms with Crippen LogP contribution in [0, 0.1) is 13.8 Å². The lowest BCUT2D eigenvalue weighted by molar-refractivity contribution is -0.130. The van der Waals surface area contributed by atoms with E-state index in [-0.39, 0.29) is 23.4 Å². The number of benzene rings is 1. The lowest BCUT2D eigenvalue weighted by Crippen LogP contribution is -2.52. The first kappa shape index (κ1) is 21.7. The molecule has 0 atom stereocenters. The van der Waals surface area contributed by atoms with E-state index in [1.807, 2.05) is 52.8 Å². The van der Waals surface area contributed by atoms with Gasteiger partial charge in [-0.05, 0) is 58.7 Å². The minimum Gasteiger partial charge on any atom is -0.444 e. The molecule has 1 heterocycles. The molecular weight excluding hydrogens is 356 g/mol. The maximum absolute atomic E-state index is 12.9. The van der Waals surface area contributed by atoms with Crippen LogP contribution < -0.4 is 0 Å². The van der Waals surface area contributed by atoms with E-state index in [1.54, 1.807) is 15.9 Å². The molecule has 1 saturated heterocycles. The van der Waals surface area contributed by atoms with E-state index in [1.165, 1.54) is 6.92 Å². The Morgan fingerprint density at radius 2 is 1.57 bits per heavy atom. The van der Waals surface area contributed by atoms with Crippen LogP contribution in [0.25, 0.3) is 6.08 Å². The third-order valence-corrected chi connectivity index (χ3v) is 4.55. The lowest BCUT2D eigenvalue weighted by Gasteiger charge is -2.35. The van der Waals surface area contributed by atoms with E-state index in [0.717, 1.165) is 16.7 Å². The van der Waals surface area contributed by atoms with Crippen molar-refractivity contribution >= 4 is 23.9 Å². The summed E-state index contributed by atoms with van der Waals surface area (Å²) in [4.78, 5) is 40.5. The van der Waals surface area contributed by atoms with Gasteiger partial charge in [0.1, 0.15) is 5.60 Å². The van der Waals surface area contributed by atoms with E-state index >= 15 is 0 Å². The molecule has 6 heteroatoms. The van der Waals surface area contributed by atoms with E-state index < -0.39 is 5.60 Å². The molecule has 1 aromatic carbocycles. The molecule has 0 unspecified atom stereocenters. The molecule has 0 spiro atoms. The summed E-state index contributed by atoms with van der Waals surface area (Å²) in [6.45, 7) is 12.3. The first-order chi connectivity index (χ1) is 13.0. The molecule has 1 aromatic rings. The van der Waals surface area contributed by atoms with Crippen molar-refractivity contribution in [2.75, 3.05) is 26.2 Å². The predicted molar refractivity (Wildman–Crippen MR) is 109 cm³/mol. The molecular formula is C22H30N2O4. The normalized spacial score (nSPS) is 15.4. The number of rotatable bonds is 3.